The van der Waals surface area contributed by atoms with Crippen molar-refractivity contribution in [1.29, 1.82) is 0 Å². The van der Waals surface area contributed by atoms with Crippen LogP contribution in [0.4, 0.5) is 30.9 Å². The highest BCUT2D eigenvalue weighted by atomic mass is 35.5. The zero-order valence-electron chi connectivity index (χ0n) is 19.5. The molecule has 12 heteroatoms. The van der Waals surface area contributed by atoms with Crippen LogP contribution in [0.3, 0.4) is 0 Å². The fourth-order valence-corrected chi connectivity index (χ4v) is 4.91. The van der Waals surface area contributed by atoms with E-state index in [1.165, 1.54) is 12.3 Å². The number of hydrogen-bond donors (Lipinski definition) is 0. The first kappa shape index (κ1) is 24.8. The highest BCUT2D eigenvalue weighted by Gasteiger charge is 2.36. The molecule has 0 amide bonds. The highest BCUT2D eigenvalue weighted by Crippen LogP contribution is 2.36. The Morgan fingerprint density at radius 1 is 0.889 bits per heavy atom. The van der Waals surface area contributed by atoms with Crippen molar-refractivity contribution in [3.8, 4) is 11.4 Å². The molecule has 3 aromatic rings. The lowest BCUT2D eigenvalue weighted by molar-refractivity contribution is -0.137. The van der Waals surface area contributed by atoms with Crippen molar-refractivity contribution in [3.63, 3.8) is 0 Å². The van der Waals surface area contributed by atoms with Crippen molar-refractivity contribution in [3.05, 3.63) is 52.1 Å². The van der Waals surface area contributed by atoms with Gasteiger partial charge in [0.2, 0.25) is 11.9 Å². The molecule has 0 bridgehead atoms. The van der Waals surface area contributed by atoms with Gasteiger partial charge in [0.15, 0.2) is 5.82 Å². The molecule has 1 unspecified atom stereocenters. The highest BCUT2D eigenvalue weighted by molar-refractivity contribution is 6.42. The van der Waals surface area contributed by atoms with Crippen LogP contribution in [-0.2, 0) is 6.18 Å². The zero-order valence-corrected chi connectivity index (χ0v) is 21.0. The van der Waals surface area contributed by atoms with E-state index in [9.17, 15) is 13.2 Å². The minimum absolute atomic E-state index is 0.0524. The van der Waals surface area contributed by atoms with E-state index in [4.69, 9.17) is 38.2 Å². The Bertz CT molecular complexity index is 1250. The second-order valence-corrected chi connectivity index (χ2v) is 9.73. The van der Waals surface area contributed by atoms with Crippen molar-refractivity contribution >= 4 is 40.9 Å². The average Bonchev–Trinajstić information content (AvgIpc) is 3.31. The van der Waals surface area contributed by atoms with Crippen LogP contribution < -0.4 is 14.7 Å². The second-order valence-electron chi connectivity index (χ2n) is 8.92. The molecule has 0 aliphatic carbocycles. The van der Waals surface area contributed by atoms with Gasteiger partial charge in [0.1, 0.15) is 5.82 Å². The Morgan fingerprint density at radius 3 is 2.28 bits per heavy atom. The number of pyridine rings is 1. The predicted octanol–water partition coefficient (Wildman–Crippen LogP) is 5.57. The Balaban J connectivity index is 1.44. The van der Waals surface area contributed by atoms with Crippen LogP contribution in [-0.4, -0.2) is 58.7 Å². The number of alkyl halides is 3. The SMILES string of the molecule is CC1CCCN1c1nc(-c2ccc(Cl)c(Cl)c2)nc(N2CCN(c3ncccc3C(F)(F)F)CC2)n1. The van der Waals surface area contributed by atoms with Gasteiger partial charge in [-0.15, -0.1) is 0 Å². The van der Waals surface area contributed by atoms with E-state index in [0.717, 1.165) is 25.5 Å². The third-order valence-corrected chi connectivity index (χ3v) is 7.29. The number of aromatic nitrogens is 4. The lowest BCUT2D eigenvalue weighted by Crippen LogP contribution is -2.48. The Morgan fingerprint density at radius 2 is 1.61 bits per heavy atom. The van der Waals surface area contributed by atoms with E-state index in [1.807, 2.05) is 11.0 Å². The molecule has 0 N–H and O–H groups in total. The molecule has 2 aliphatic rings. The molecule has 2 saturated heterocycles. The first-order chi connectivity index (χ1) is 17.2. The normalized spacial score (nSPS) is 18.7. The summed E-state index contributed by atoms with van der Waals surface area (Å²) in [5, 5.41) is 0.837. The molecular weight excluding hydrogens is 514 g/mol. The quantitative estimate of drug-likeness (QED) is 0.430. The van der Waals surface area contributed by atoms with Crippen LogP contribution >= 0.6 is 23.2 Å². The standard InChI is InChI=1S/C24H24Cl2F3N7/c1-15-4-3-9-36(15)23-32-20(16-6-7-18(25)19(26)14-16)31-22(33-23)35-12-10-34(11-13-35)21-17(24(27,28)29)5-2-8-30-21/h2,5-8,14-15H,3-4,9-13H2,1H3. The van der Waals surface area contributed by atoms with E-state index in [-0.39, 0.29) is 5.82 Å². The lowest BCUT2D eigenvalue weighted by atomic mass is 10.2. The summed E-state index contributed by atoms with van der Waals surface area (Å²) in [7, 11) is 0. The monoisotopic (exact) mass is 537 g/mol. The van der Waals surface area contributed by atoms with Crippen LogP contribution in [0.25, 0.3) is 11.4 Å². The number of benzene rings is 1. The molecule has 7 nitrogen and oxygen atoms in total. The van der Waals surface area contributed by atoms with Crippen molar-refractivity contribution in [2.24, 2.45) is 0 Å². The molecule has 4 heterocycles. The number of halogens is 5. The van der Waals surface area contributed by atoms with Crippen molar-refractivity contribution in [2.45, 2.75) is 32.0 Å². The summed E-state index contributed by atoms with van der Waals surface area (Å²) in [5.41, 5.74) is -0.0195. The summed E-state index contributed by atoms with van der Waals surface area (Å²) in [5.74, 6) is 1.48. The van der Waals surface area contributed by atoms with Crippen molar-refractivity contribution < 1.29 is 13.2 Å². The van der Waals surface area contributed by atoms with Gasteiger partial charge in [-0.1, -0.05) is 23.2 Å². The predicted molar refractivity (Wildman–Crippen MR) is 135 cm³/mol. The molecule has 2 aromatic heterocycles. The maximum absolute atomic E-state index is 13.5. The van der Waals surface area contributed by atoms with E-state index >= 15 is 0 Å². The minimum atomic E-state index is -4.47. The van der Waals surface area contributed by atoms with Gasteiger partial charge < -0.3 is 14.7 Å². The fourth-order valence-electron chi connectivity index (χ4n) is 4.61. The number of hydrogen-bond acceptors (Lipinski definition) is 7. The molecule has 0 saturated carbocycles. The third kappa shape index (κ3) is 5.01. The number of piperazine rings is 1. The molecule has 36 heavy (non-hydrogen) atoms. The van der Waals surface area contributed by atoms with Crippen LogP contribution in [0.1, 0.15) is 25.3 Å². The summed E-state index contributed by atoms with van der Waals surface area (Å²) >= 11 is 12.3. The summed E-state index contributed by atoms with van der Waals surface area (Å²) in [4.78, 5) is 24.0. The Hall–Kier alpha value is -2.85. The van der Waals surface area contributed by atoms with E-state index in [1.54, 1.807) is 17.0 Å². The fraction of sp³-hybridized carbons (Fsp3) is 0.417. The largest absolute Gasteiger partial charge is 0.419 e. The van der Waals surface area contributed by atoms with Gasteiger partial charge in [0.25, 0.3) is 0 Å². The van der Waals surface area contributed by atoms with Crippen LogP contribution in [0, 0.1) is 0 Å². The molecule has 190 valence electrons. The zero-order chi connectivity index (χ0) is 25.4. The van der Waals surface area contributed by atoms with Gasteiger partial charge in [0, 0.05) is 50.5 Å². The van der Waals surface area contributed by atoms with Crippen LogP contribution in [0.2, 0.25) is 10.0 Å². The van der Waals surface area contributed by atoms with Gasteiger partial charge in [0.05, 0.1) is 15.6 Å². The Labute approximate surface area is 216 Å². The molecule has 0 spiro atoms. The third-order valence-electron chi connectivity index (χ3n) is 6.55. The second kappa shape index (κ2) is 9.89. The van der Waals surface area contributed by atoms with E-state index in [2.05, 4.69) is 16.8 Å². The van der Waals surface area contributed by atoms with Crippen molar-refractivity contribution in [2.75, 3.05) is 47.4 Å². The van der Waals surface area contributed by atoms with E-state index < -0.39 is 11.7 Å². The summed E-state index contributed by atoms with van der Waals surface area (Å²) in [6.07, 6.45) is -0.983. The summed E-state index contributed by atoms with van der Waals surface area (Å²) < 4.78 is 40.5. The van der Waals surface area contributed by atoms with Crippen LogP contribution in [0.15, 0.2) is 36.5 Å². The lowest BCUT2D eigenvalue weighted by Gasteiger charge is -2.36. The molecule has 1 atom stereocenters. The maximum atomic E-state index is 13.5. The van der Waals surface area contributed by atoms with Gasteiger partial charge in [-0.3, -0.25) is 0 Å². The first-order valence-corrected chi connectivity index (χ1v) is 12.5. The van der Waals surface area contributed by atoms with Crippen LogP contribution in [0.5, 0.6) is 0 Å². The van der Waals surface area contributed by atoms with Gasteiger partial charge in [-0.25, -0.2) is 4.98 Å². The summed E-state index contributed by atoms with van der Waals surface area (Å²) in [6.45, 7) is 4.56. The summed E-state index contributed by atoms with van der Waals surface area (Å²) in [6, 6.07) is 7.89. The molecule has 2 fully saturated rings. The molecule has 1 aromatic carbocycles. The van der Waals surface area contributed by atoms with E-state index in [0.29, 0.717) is 65.6 Å². The smallest absolute Gasteiger partial charge is 0.353 e. The molecule has 0 radical (unpaired) electrons. The first-order valence-electron chi connectivity index (χ1n) is 11.7. The number of rotatable bonds is 4. The molecular formula is C24H24Cl2F3N7. The number of anilines is 3. The van der Waals surface area contributed by atoms with Gasteiger partial charge in [-0.05, 0) is 50.1 Å². The molecule has 5 rings (SSSR count). The van der Waals surface area contributed by atoms with Gasteiger partial charge in [-0.2, -0.15) is 28.1 Å². The topological polar surface area (TPSA) is 61.3 Å². The number of nitrogens with zero attached hydrogens (tertiary/aromatic N) is 7. The molecule has 2 aliphatic heterocycles. The minimum Gasteiger partial charge on any atom is -0.353 e. The van der Waals surface area contributed by atoms with Gasteiger partial charge >= 0.3 is 6.18 Å². The van der Waals surface area contributed by atoms with Crippen molar-refractivity contribution in [1.82, 2.24) is 19.9 Å². The average molecular weight is 538 g/mol. The Kier molecular flexibility index (Phi) is 6.82. The maximum Gasteiger partial charge on any atom is 0.419 e.